The predicted molar refractivity (Wildman–Crippen MR) is 91.4 cm³/mol. The maximum atomic E-state index is 11.8. The van der Waals surface area contributed by atoms with Gasteiger partial charge in [-0.05, 0) is 57.8 Å². The van der Waals surface area contributed by atoms with Crippen LogP contribution in [0.25, 0.3) is 0 Å². The summed E-state index contributed by atoms with van der Waals surface area (Å²) in [5.41, 5.74) is -0.450. The first-order chi connectivity index (χ1) is 10.8. The number of alkyl carbamates (subject to hydrolysis) is 1. The van der Waals surface area contributed by atoms with Crippen molar-refractivity contribution in [2.75, 3.05) is 19.7 Å². The van der Waals surface area contributed by atoms with E-state index in [-0.39, 0.29) is 6.09 Å². The number of nitrogens with one attached hydrogen (secondary N) is 2. The van der Waals surface area contributed by atoms with Gasteiger partial charge in [-0.25, -0.2) is 4.79 Å². The quantitative estimate of drug-likeness (QED) is 0.755. The molecule has 23 heavy (non-hydrogen) atoms. The first-order valence-corrected chi connectivity index (χ1v) is 9.08. The minimum Gasteiger partial charge on any atom is -0.444 e. The SMILES string of the molecule is CC(C)C(CNC(=O)OC(C)(C)C)CNC1CCOC1C1CC1. The second kappa shape index (κ2) is 7.84. The van der Waals surface area contributed by atoms with Crippen LogP contribution in [0.3, 0.4) is 0 Å². The van der Waals surface area contributed by atoms with Gasteiger partial charge in [-0.15, -0.1) is 0 Å². The fourth-order valence-electron chi connectivity index (χ4n) is 3.09. The molecule has 0 aromatic heterocycles. The highest BCUT2D eigenvalue weighted by Gasteiger charge is 2.40. The highest BCUT2D eigenvalue weighted by atomic mass is 16.6. The van der Waals surface area contributed by atoms with Crippen LogP contribution in [0.2, 0.25) is 0 Å². The maximum Gasteiger partial charge on any atom is 0.407 e. The molecule has 3 unspecified atom stereocenters. The van der Waals surface area contributed by atoms with Gasteiger partial charge in [0.2, 0.25) is 0 Å². The minimum atomic E-state index is -0.450. The summed E-state index contributed by atoms with van der Waals surface area (Å²) in [6.07, 6.45) is 3.81. The van der Waals surface area contributed by atoms with E-state index in [1.54, 1.807) is 0 Å². The van der Waals surface area contributed by atoms with Gasteiger partial charge in [0.15, 0.2) is 0 Å². The first-order valence-electron chi connectivity index (χ1n) is 9.08. The fourth-order valence-corrected chi connectivity index (χ4v) is 3.09. The summed E-state index contributed by atoms with van der Waals surface area (Å²) in [6.45, 7) is 12.5. The van der Waals surface area contributed by atoms with Crippen LogP contribution in [0.4, 0.5) is 4.79 Å². The van der Waals surface area contributed by atoms with Crippen LogP contribution in [0.15, 0.2) is 0 Å². The van der Waals surface area contributed by atoms with E-state index in [1.165, 1.54) is 12.8 Å². The molecule has 0 radical (unpaired) electrons. The van der Waals surface area contributed by atoms with E-state index in [9.17, 15) is 4.79 Å². The Morgan fingerprint density at radius 1 is 1.22 bits per heavy atom. The van der Waals surface area contributed by atoms with Crippen molar-refractivity contribution in [3.8, 4) is 0 Å². The molecule has 134 valence electrons. The lowest BCUT2D eigenvalue weighted by Gasteiger charge is -2.27. The molecule has 2 fully saturated rings. The van der Waals surface area contributed by atoms with Crippen molar-refractivity contribution in [3.05, 3.63) is 0 Å². The molecule has 1 saturated carbocycles. The van der Waals surface area contributed by atoms with E-state index in [2.05, 4.69) is 24.5 Å². The zero-order chi connectivity index (χ0) is 17.0. The molecular formula is C18H34N2O3. The molecular weight excluding hydrogens is 292 g/mol. The summed E-state index contributed by atoms with van der Waals surface area (Å²) >= 11 is 0. The summed E-state index contributed by atoms with van der Waals surface area (Å²) in [7, 11) is 0. The van der Waals surface area contributed by atoms with Crippen molar-refractivity contribution in [2.45, 2.75) is 71.6 Å². The third kappa shape index (κ3) is 6.30. The van der Waals surface area contributed by atoms with Gasteiger partial charge >= 0.3 is 6.09 Å². The molecule has 5 heteroatoms. The van der Waals surface area contributed by atoms with Crippen molar-refractivity contribution in [2.24, 2.45) is 17.8 Å². The van der Waals surface area contributed by atoms with Crippen molar-refractivity contribution >= 4 is 6.09 Å². The molecule has 2 rings (SSSR count). The monoisotopic (exact) mass is 326 g/mol. The Labute approximate surface area is 140 Å². The van der Waals surface area contributed by atoms with E-state index in [4.69, 9.17) is 9.47 Å². The molecule has 1 aliphatic heterocycles. The summed E-state index contributed by atoms with van der Waals surface area (Å²) in [5, 5.41) is 6.60. The number of carbonyl (C=O) groups is 1. The second-order valence-electron chi connectivity index (χ2n) is 8.36. The van der Waals surface area contributed by atoms with E-state index in [0.29, 0.717) is 30.5 Å². The van der Waals surface area contributed by atoms with E-state index >= 15 is 0 Å². The summed E-state index contributed by atoms with van der Waals surface area (Å²) in [5.74, 6) is 1.66. The third-order valence-electron chi connectivity index (χ3n) is 4.71. The van der Waals surface area contributed by atoms with Crippen molar-refractivity contribution < 1.29 is 14.3 Å². The van der Waals surface area contributed by atoms with Gasteiger partial charge in [-0.1, -0.05) is 13.8 Å². The number of carbonyl (C=O) groups excluding carboxylic acids is 1. The lowest BCUT2D eigenvalue weighted by Crippen LogP contribution is -2.44. The largest absolute Gasteiger partial charge is 0.444 e. The zero-order valence-electron chi connectivity index (χ0n) is 15.4. The second-order valence-corrected chi connectivity index (χ2v) is 8.36. The van der Waals surface area contributed by atoms with E-state index in [1.807, 2.05) is 20.8 Å². The summed E-state index contributed by atoms with van der Waals surface area (Å²) in [4.78, 5) is 11.8. The minimum absolute atomic E-state index is 0.330. The van der Waals surface area contributed by atoms with Crippen molar-refractivity contribution in [3.63, 3.8) is 0 Å². The topological polar surface area (TPSA) is 59.6 Å². The molecule has 1 aliphatic carbocycles. The Bertz CT molecular complexity index is 388. The van der Waals surface area contributed by atoms with E-state index in [0.717, 1.165) is 25.5 Å². The molecule has 1 heterocycles. The molecule has 1 amide bonds. The molecule has 3 atom stereocenters. The van der Waals surface area contributed by atoms with Crippen LogP contribution < -0.4 is 10.6 Å². The zero-order valence-corrected chi connectivity index (χ0v) is 15.4. The average molecular weight is 326 g/mol. The molecule has 0 spiro atoms. The Morgan fingerprint density at radius 2 is 1.91 bits per heavy atom. The van der Waals surface area contributed by atoms with Crippen LogP contribution in [-0.4, -0.2) is 43.5 Å². The standard InChI is InChI=1S/C18H34N2O3/c1-12(2)14(11-20-17(21)23-18(3,4)5)10-19-15-8-9-22-16(15)13-6-7-13/h12-16,19H,6-11H2,1-5H3,(H,20,21). The first kappa shape index (κ1) is 18.5. The molecule has 2 aliphatic rings. The van der Waals surface area contributed by atoms with Gasteiger partial charge in [0.05, 0.1) is 6.10 Å². The number of rotatable bonds is 7. The summed E-state index contributed by atoms with van der Waals surface area (Å²) in [6, 6.07) is 0.477. The smallest absolute Gasteiger partial charge is 0.407 e. The molecule has 0 aromatic rings. The lowest BCUT2D eigenvalue weighted by atomic mass is 9.94. The van der Waals surface area contributed by atoms with Gasteiger partial charge in [-0.2, -0.15) is 0 Å². The highest BCUT2D eigenvalue weighted by Crippen LogP contribution is 2.38. The van der Waals surface area contributed by atoms with E-state index < -0.39 is 5.60 Å². The normalized spacial score (nSPS) is 26.3. The van der Waals surface area contributed by atoms with Crippen LogP contribution >= 0.6 is 0 Å². The Balaban J connectivity index is 1.74. The van der Waals surface area contributed by atoms with Crippen molar-refractivity contribution in [1.82, 2.24) is 10.6 Å². The molecule has 0 aromatic carbocycles. The summed E-state index contributed by atoms with van der Waals surface area (Å²) < 4.78 is 11.2. The van der Waals surface area contributed by atoms with Crippen LogP contribution in [0.5, 0.6) is 0 Å². The van der Waals surface area contributed by atoms with Crippen LogP contribution in [0, 0.1) is 17.8 Å². The van der Waals surface area contributed by atoms with Crippen LogP contribution in [0.1, 0.15) is 53.9 Å². The number of amides is 1. The fraction of sp³-hybridized carbons (Fsp3) is 0.944. The van der Waals surface area contributed by atoms with Crippen LogP contribution in [-0.2, 0) is 9.47 Å². The number of hydrogen-bond donors (Lipinski definition) is 2. The van der Waals surface area contributed by atoms with Gasteiger partial charge in [0, 0.05) is 25.7 Å². The Hall–Kier alpha value is -0.810. The molecule has 1 saturated heterocycles. The Morgan fingerprint density at radius 3 is 2.48 bits per heavy atom. The van der Waals surface area contributed by atoms with Gasteiger partial charge in [0.1, 0.15) is 5.60 Å². The maximum absolute atomic E-state index is 11.8. The number of ether oxygens (including phenoxy) is 2. The highest BCUT2D eigenvalue weighted by molar-refractivity contribution is 5.67. The van der Waals surface area contributed by atoms with Gasteiger partial charge < -0.3 is 20.1 Å². The predicted octanol–water partition coefficient (Wildman–Crippen LogP) is 2.94. The average Bonchev–Trinajstić information content (AvgIpc) is 3.15. The lowest BCUT2D eigenvalue weighted by molar-refractivity contribution is 0.0512. The van der Waals surface area contributed by atoms with Crippen molar-refractivity contribution in [1.29, 1.82) is 0 Å². The molecule has 0 bridgehead atoms. The Kier molecular flexibility index (Phi) is 6.32. The van der Waals surface area contributed by atoms with Gasteiger partial charge in [-0.3, -0.25) is 0 Å². The third-order valence-corrected chi connectivity index (χ3v) is 4.71. The number of hydrogen-bond acceptors (Lipinski definition) is 4. The molecule has 2 N–H and O–H groups in total. The molecule has 5 nitrogen and oxygen atoms in total. The van der Waals surface area contributed by atoms with Gasteiger partial charge in [0.25, 0.3) is 0 Å².